The molecule has 0 spiro atoms. The number of carbonyl (C=O) groups excluding carboxylic acids is 2. The van der Waals surface area contributed by atoms with Crippen molar-refractivity contribution in [1.29, 1.82) is 0 Å². The lowest BCUT2D eigenvalue weighted by Crippen LogP contribution is -2.18. The van der Waals surface area contributed by atoms with Gasteiger partial charge < -0.3 is 17.2 Å². The fourth-order valence-electron chi connectivity index (χ4n) is 3.56. The number of benzene rings is 2. The lowest BCUT2D eigenvalue weighted by molar-refractivity contribution is 0.0989. The maximum absolute atomic E-state index is 12.7. The van der Waals surface area contributed by atoms with Crippen LogP contribution in [0.5, 0.6) is 0 Å². The maximum Gasteiger partial charge on any atom is 0.250 e. The highest BCUT2D eigenvalue weighted by atomic mass is 35.5. The lowest BCUT2D eigenvalue weighted by atomic mass is 9.88. The number of anilines is 1. The van der Waals surface area contributed by atoms with Gasteiger partial charge in [0, 0.05) is 34.1 Å². The van der Waals surface area contributed by atoms with E-state index in [1.54, 1.807) is 48.7 Å². The molecule has 9 heteroatoms. The standard InChI is InChI=1S/C24H17Cl2N5O2/c25-17-6-4-12(9-15(17)18-3-1-2-8-30-18)20-21(24(29)33)14(10-16(22(20)26)23(28)32)13-5-7-19(27)31-11-13/h1-11H,(H2,27,31)(H2,28,32)(H2,29,33). The predicted octanol–water partition coefficient (Wildman–Crippen LogP) is 4.56. The van der Waals surface area contributed by atoms with Crippen molar-refractivity contribution < 1.29 is 9.59 Å². The van der Waals surface area contributed by atoms with E-state index in [0.717, 1.165) is 0 Å². The molecule has 0 atom stereocenters. The van der Waals surface area contributed by atoms with Crippen LogP contribution in [0.2, 0.25) is 10.0 Å². The van der Waals surface area contributed by atoms with Crippen LogP contribution in [0.4, 0.5) is 5.82 Å². The Kier molecular flexibility index (Phi) is 6.00. The van der Waals surface area contributed by atoms with Crippen LogP contribution in [0.25, 0.3) is 33.5 Å². The van der Waals surface area contributed by atoms with Gasteiger partial charge in [-0.05, 0) is 53.6 Å². The van der Waals surface area contributed by atoms with Gasteiger partial charge in [0.2, 0.25) is 11.8 Å². The van der Waals surface area contributed by atoms with Crippen molar-refractivity contribution in [2.45, 2.75) is 0 Å². The number of carbonyl (C=O) groups is 2. The van der Waals surface area contributed by atoms with Crippen molar-refractivity contribution in [2.75, 3.05) is 5.73 Å². The number of amides is 2. The van der Waals surface area contributed by atoms with E-state index >= 15 is 0 Å². The molecule has 0 fully saturated rings. The minimum absolute atomic E-state index is 0.00209. The van der Waals surface area contributed by atoms with Crippen LogP contribution >= 0.6 is 23.2 Å². The average molecular weight is 478 g/mol. The van der Waals surface area contributed by atoms with Crippen LogP contribution in [0.3, 0.4) is 0 Å². The minimum atomic E-state index is -0.763. The zero-order valence-electron chi connectivity index (χ0n) is 17.0. The van der Waals surface area contributed by atoms with Crippen molar-refractivity contribution >= 4 is 40.8 Å². The predicted molar refractivity (Wildman–Crippen MR) is 130 cm³/mol. The number of nitrogen functional groups attached to an aromatic ring is 1. The summed E-state index contributed by atoms with van der Waals surface area (Å²) in [6.45, 7) is 0. The van der Waals surface area contributed by atoms with Crippen LogP contribution in [0, 0.1) is 0 Å². The van der Waals surface area contributed by atoms with Crippen LogP contribution in [-0.2, 0) is 0 Å². The molecule has 0 bridgehead atoms. The van der Waals surface area contributed by atoms with Crippen molar-refractivity contribution in [3.8, 4) is 33.5 Å². The molecule has 2 heterocycles. The molecular weight excluding hydrogens is 461 g/mol. The van der Waals surface area contributed by atoms with Gasteiger partial charge in [-0.1, -0.05) is 35.3 Å². The first kappa shape index (κ1) is 22.3. The first-order valence-corrected chi connectivity index (χ1v) is 10.4. The number of halogens is 2. The number of rotatable bonds is 5. The number of hydrogen-bond acceptors (Lipinski definition) is 5. The SMILES string of the molecule is NC(=O)c1cc(-c2ccc(N)nc2)c(C(N)=O)c(-c2ccc(Cl)c(-c3ccccn3)c2)c1Cl. The molecule has 0 aliphatic carbocycles. The van der Waals surface area contributed by atoms with Gasteiger partial charge in [0.25, 0.3) is 0 Å². The highest BCUT2D eigenvalue weighted by Gasteiger charge is 2.25. The second-order valence-corrected chi connectivity index (χ2v) is 7.93. The fraction of sp³-hybridized carbons (Fsp3) is 0. The Balaban J connectivity index is 2.07. The monoisotopic (exact) mass is 477 g/mol. The Labute approximate surface area is 199 Å². The molecule has 2 aromatic heterocycles. The van der Waals surface area contributed by atoms with E-state index in [-0.39, 0.29) is 21.7 Å². The van der Waals surface area contributed by atoms with Gasteiger partial charge in [-0.25, -0.2) is 4.98 Å². The van der Waals surface area contributed by atoms with Gasteiger partial charge in [-0.3, -0.25) is 14.6 Å². The smallest absolute Gasteiger partial charge is 0.250 e. The van der Waals surface area contributed by atoms with E-state index in [2.05, 4.69) is 9.97 Å². The summed E-state index contributed by atoms with van der Waals surface area (Å²) in [5.74, 6) is -1.22. The largest absolute Gasteiger partial charge is 0.384 e. The summed E-state index contributed by atoms with van der Waals surface area (Å²) in [4.78, 5) is 33.3. The molecule has 164 valence electrons. The molecule has 0 aliphatic rings. The van der Waals surface area contributed by atoms with Gasteiger partial charge in [0.15, 0.2) is 0 Å². The summed E-state index contributed by atoms with van der Waals surface area (Å²) < 4.78 is 0. The highest BCUT2D eigenvalue weighted by Crippen LogP contribution is 2.42. The number of nitrogens with zero attached hydrogens (tertiary/aromatic N) is 2. The molecule has 0 radical (unpaired) electrons. The van der Waals surface area contributed by atoms with E-state index in [1.807, 2.05) is 6.07 Å². The molecule has 2 amide bonds. The summed E-state index contributed by atoms with van der Waals surface area (Å²) in [5, 5.41) is 0.445. The van der Waals surface area contributed by atoms with E-state index in [0.29, 0.717) is 38.8 Å². The number of nitrogens with two attached hydrogens (primary N) is 3. The summed E-state index contributed by atoms with van der Waals surface area (Å²) in [7, 11) is 0. The normalized spacial score (nSPS) is 10.7. The minimum Gasteiger partial charge on any atom is -0.384 e. The third-order valence-electron chi connectivity index (χ3n) is 5.07. The average Bonchev–Trinajstić information content (AvgIpc) is 2.80. The Bertz CT molecular complexity index is 1390. The van der Waals surface area contributed by atoms with Crippen molar-refractivity contribution in [3.63, 3.8) is 0 Å². The van der Waals surface area contributed by atoms with Crippen molar-refractivity contribution in [2.24, 2.45) is 11.5 Å². The highest BCUT2D eigenvalue weighted by molar-refractivity contribution is 6.38. The number of aromatic nitrogens is 2. The van der Waals surface area contributed by atoms with Crippen LogP contribution in [0.1, 0.15) is 20.7 Å². The van der Waals surface area contributed by atoms with Gasteiger partial charge in [-0.2, -0.15) is 0 Å². The molecule has 6 N–H and O–H groups in total. The molecule has 7 nitrogen and oxygen atoms in total. The first-order valence-electron chi connectivity index (χ1n) is 9.67. The van der Waals surface area contributed by atoms with E-state index in [1.165, 1.54) is 12.3 Å². The summed E-state index contributed by atoms with van der Waals surface area (Å²) in [6.07, 6.45) is 3.11. The second kappa shape index (κ2) is 8.90. The topological polar surface area (TPSA) is 138 Å². The third kappa shape index (κ3) is 4.24. The second-order valence-electron chi connectivity index (χ2n) is 7.15. The lowest BCUT2D eigenvalue weighted by Gasteiger charge is -2.18. The summed E-state index contributed by atoms with van der Waals surface area (Å²) >= 11 is 13.0. The maximum atomic E-state index is 12.7. The summed E-state index contributed by atoms with van der Waals surface area (Å²) in [5.41, 5.74) is 20.1. The Morgan fingerprint density at radius 1 is 0.818 bits per heavy atom. The van der Waals surface area contributed by atoms with E-state index in [4.69, 9.17) is 40.4 Å². The number of hydrogen-bond donors (Lipinski definition) is 3. The quantitative estimate of drug-likeness (QED) is 0.386. The number of pyridine rings is 2. The van der Waals surface area contributed by atoms with Crippen molar-refractivity contribution in [1.82, 2.24) is 9.97 Å². The van der Waals surface area contributed by atoms with Gasteiger partial charge in [0.05, 0.1) is 21.8 Å². The molecule has 0 saturated carbocycles. The van der Waals surface area contributed by atoms with Crippen LogP contribution in [-0.4, -0.2) is 21.8 Å². The Hall–Kier alpha value is -3.94. The molecular formula is C24H17Cl2N5O2. The molecule has 2 aromatic carbocycles. The number of primary amides is 2. The van der Waals surface area contributed by atoms with Crippen LogP contribution in [0.15, 0.2) is 67.0 Å². The van der Waals surface area contributed by atoms with Crippen molar-refractivity contribution in [3.05, 3.63) is 88.2 Å². The molecule has 4 aromatic rings. The Morgan fingerprint density at radius 3 is 2.18 bits per heavy atom. The zero-order chi connectivity index (χ0) is 23.7. The molecule has 4 rings (SSSR count). The summed E-state index contributed by atoms with van der Waals surface area (Å²) in [6, 6.07) is 15.1. The van der Waals surface area contributed by atoms with E-state index < -0.39 is 11.8 Å². The van der Waals surface area contributed by atoms with Gasteiger partial charge >= 0.3 is 0 Å². The van der Waals surface area contributed by atoms with Crippen LogP contribution < -0.4 is 17.2 Å². The van der Waals surface area contributed by atoms with E-state index in [9.17, 15) is 9.59 Å². The zero-order valence-corrected chi connectivity index (χ0v) is 18.6. The third-order valence-corrected chi connectivity index (χ3v) is 5.79. The van der Waals surface area contributed by atoms with Gasteiger partial charge in [0.1, 0.15) is 5.82 Å². The Morgan fingerprint density at radius 2 is 1.58 bits per heavy atom. The fourth-order valence-corrected chi connectivity index (χ4v) is 4.12. The first-order chi connectivity index (χ1) is 15.8. The molecule has 0 aliphatic heterocycles. The van der Waals surface area contributed by atoms with Gasteiger partial charge in [-0.15, -0.1) is 0 Å². The molecule has 0 unspecified atom stereocenters. The molecule has 33 heavy (non-hydrogen) atoms. The molecule has 0 saturated heterocycles.